The van der Waals surface area contributed by atoms with Crippen molar-refractivity contribution in [2.45, 2.75) is 18.9 Å². The number of benzene rings is 4. The van der Waals surface area contributed by atoms with Gasteiger partial charge in [-0.1, -0.05) is 54.6 Å². The van der Waals surface area contributed by atoms with Gasteiger partial charge in [-0.2, -0.15) is 0 Å². The third-order valence-corrected chi connectivity index (χ3v) is 6.49. The van der Waals surface area contributed by atoms with Crippen molar-refractivity contribution in [1.29, 1.82) is 0 Å². The predicted octanol–water partition coefficient (Wildman–Crippen LogP) is 4.94. The molecule has 1 aliphatic carbocycles. The smallest absolute Gasteiger partial charge is 0.0383 e. The summed E-state index contributed by atoms with van der Waals surface area (Å²) in [6.45, 7) is 4.58. The second-order valence-corrected chi connectivity index (χ2v) is 8.08. The zero-order valence-electron chi connectivity index (χ0n) is 15.0. The van der Waals surface area contributed by atoms with Gasteiger partial charge in [0, 0.05) is 32.2 Å². The van der Waals surface area contributed by atoms with Crippen LogP contribution >= 0.6 is 0 Å². The fourth-order valence-corrected chi connectivity index (χ4v) is 5.14. The first-order valence-corrected chi connectivity index (χ1v) is 10.0. The monoisotopic (exact) mass is 340 g/mol. The van der Waals surface area contributed by atoms with Gasteiger partial charge in [0.25, 0.3) is 0 Å². The average molecular weight is 340 g/mol. The molecule has 0 radical (unpaired) electrons. The molecule has 26 heavy (non-hydrogen) atoms. The quantitative estimate of drug-likeness (QED) is 0.531. The normalized spacial score (nSPS) is 20.3. The van der Waals surface area contributed by atoms with Crippen LogP contribution in [0.15, 0.2) is 54.6 Å². The molecule has 1 heterocycles. The van der Waals surface area contributed by atoms with E-state index in [-0.39, 0.29) is 0 Å². The molecular weight excluding hydrogens is 316 g/mol. The number of rotatable bonds is 3. The zero-order valence-corrected chi connectivity index (χ0v) is 15.0. The molecule has 6 rings (SSSR count). The summed E-state index contributed by atoms with van der Waals surface area (Å²) in [5, 5.41) is 12.0. The van der Waals surface area contributed by atoms with E-state index >= 15 is 0 Å². The first-order valence-electron chi connectivity index (χ1n) is 10.0. The maximum atomic E-state index is 3.52. The molecule has 1 N–H and O–H groups in total. The molecule has 0 bridgehead atoms. The zero-order chi connectivity index (χ0) is 17.1. The maximum absolute atomic E-state index is 3.52. The Labute approximate surface area is 154 Å². The minimum atomic E-state index is 0.585. The van der Waals surface area contributed by atoms with E-state index in [4.69, 9.17) is 0 Å². The van der Waals surface area contributed by atoms with E-state index in [2.05, 4.69) is 64.8 Å². The molecule has 0 aromatic heterocycles. The fraction of sp³-hybridized carbons (Fsp3) is 0.333. The molecule has 2 heteroatoms. The van der Waals surface area contributed by atoms with Crippen LogP contribution in [0.5, 0.6) is 0 Å². The van der Waals surface area contributed by atoms with Gasteiger partial charge >= 0.3 is 0 Å². The van der Waals surface area contributed by atoms with Crippen molar-refractivity contribution in [3.05, 3.63) is 60.2 Å². The first kappa shape index (κ1) is 15.0. The molecule has 4 aromatic carbocycles. The van der Waals surface area contributed by atoms with Crippen LogP contribution in [0.25, 0.3) is 32.3 Å². The number of hydrogen-bond donors (Lipinski definition) is 1. The molecule has 2 nitrogen and oxygen atoms in total. The van der Waals surface area contributed by atoms with Crippen LogP contribution in [0, 0.1) is 5.92 Å². The van der Waals surface area contributed by atoms with E-state index in [1.54, 1.807) is 5.56 Å². The molecule has 0 amide bonds. The van der Waals surface area contributed by atoms with E-state index in [1.165, 1.54) is 58.2 Å². The largest absolute Gasteiger partial charge is 0.314 e. The second kappa shape index (κ2) is 5.67. The van der Waals surface area contributed by atoms with Crippen molar-refractivity contribution in [2.24, 2.45) is 5.92 Å². The van der Waals surface area contributed by atoms with Crippen molar-refractivity contribution in [1.82, 2.24) is 10.2 Å². The van der Waals surface area contributed by atoms with E-state index in [0.29, 0.717) is 6.04 Å². The van der Waals surface area contributed by atoms with Crippen LogP contribution in [0.3, 0.4) is 0 Å². The lowest BCUT2D eigenvalue weighted by Crippen LogP contribution is -2.45. The molecule has 1 aliphatic heterocycles. The van der Waals surface area contributed by atoms with E-state index in [1.807, 2.05) is 0 Å². The Bertz CT molecular complexity index is 1070. The fourth-order valence-electron chi connectivity index (χ4n) is 5.14. The Morgan fingerprint density at radius 2 is 1.42 bits per heavy atom. The molecule has 0 unspecified atom stereocenters. The van der Waals surface area contributed by atoms with Crippen LogP contribution < -0.4 is 5.32 Å². The summed E-state index contributed by atoms with van der Waals surface area (Å²) >= 11 is 0. The van der Waals surface area contributed by atoms with Gasteiger partial charge in [0.05, 0.1) is 0 Å². The Morgan fingerprint density at radius 1 is 0.769 bits per heavy atom. The van der Waals surface area contributed by atoms with Gasteiger partial charge < -0.3 is 5.32 Å². The highest BCUT2D eigenvalue weighted by atomic mass is 15.2. The lowest BCUT2D eigenvalue weighted by molar-refractivity contribution is 0.157. The Kier molecular flexibility index (Phi) is 3.26. The Balaban J connectivity index is 1.62. The minimum absolute atomic E-state index is 0.585. The summed E-state index contributed by atoms with van der Waals surface area (Å²) in [6.07, 6.45) is 2.77. The van der Waals surface area contributed by atoms with Crippen LogP contribution in [-0.4, -0.2) is 31.1 Å². The standard InChI is InChI=1S/C24H24N2/c1-2-16-4-5-18-9-11-21(20-10-8-17(3-1)22(16)23(18)20)24(19-6-7-19)26-14-12-25-13-15-26/h1-5,8-11,19,24-25H,6-7,12-15H2/t24-/m1/s1. The van der Waals surface area contributed by atoms with Crippen LogP contribution in [0.1, 0.15) is 24.4 Å². The van der Waals surface area contributed by atoms with E-state index in [9.17, 15) is 0 Å². The highest BCUT2D eigenvalue weighted by Crippen LogP contribution is 2.48. The van der Waals surface area contributed by atoms with Gasteiger partial charge in [-0.3, -0.25) is 4.90 Å². The highest BCUT2D eigenvalue weighted by Gasteiger charge is 2.37. The molecule has 1 atom stereocenters. The summed E-state index contributed by atoms with van der Waals surface area (Å²) in [5.74, 6) is 0.839. The molecule has 1 saturated carbocycles. The van der Waals surface area contributed by atoms with Gasteiger partial charge in [0.15, 0.2) is 0 Å². The molecule has 4 aromatic rings. The van der Waals surface area contributed by atoms with Crippen molar-refractivity contribution in [3.63, 3.8) is 0 Å². The Hall–Kier alpha value is -2.16. The number of nitrogens with one attached hydrogen (secondary N) is 1. The van der Waals surface area contributed by atoms with Crippen LogP contribution in [0.2, 0.25) is 0 Å². The lowest BCUT2D eigenvalue weighted by atomic mass is 9.88. The molecule has 130 valence electrons. The number of piperazine rings is 1. The summed E-state index contributed by atoms with van der Waals surface area (Å²) in [4.78, 5) is 2.74. The van der Waals surface area contributed by atoms with Gasteiger partial charge in [-0.15, -0.1) is 0 Å². The van der Waals surface area contributed by atoms with Gasteiger partial charge in [0.2, 0.25) is 0 Å². The summed E-state index contributed by atoms with van der Waals surface area (Å²) in [7, 11) is 0. The van der Waals surface area contributed by atoms with Crippen molar-refractivity contribution in [3.8, 4) is 0 Å². The van der Waals surface area contributed by atoms with Gasteiger partial charge in [0.1, 0.15) is 0 Å². The van der Waals surface area contributed by atoms with E-state index < -0.39 is 0 Å². The maximum Gasteiger partial charge on any atom is 0.0383 e. The molecular formula is C24H24N2. The van der Waals surface area contributed by atoms with Gasteiger partial charge in [-0.05, 0) is 56.6 Å². The van der Waals surface area contributed by atoms with Crippen molar-refractivity contribution in [2.75, 3.05) is 26.2 Å². The second-order valence-electron chi connectivity index (χ2n) is 8.08. The summed E-state index contributed by atoms with van der Waals surface area (Å²) in [6, 6.07) is 21.3. The SMILES string of the molecule is c1cc2ccc3ccc([C@@H](C4CC4)N4CCNCC4)c4ccc(c1)c2c34. The van der Waals surface area contributed by atoms with Crippen LogP contribution in [-0.2, 0) is 0 Å². The Morgan fingerprint density at radius 3 is 2.15 bits per heavy atom. The topological polar surface area (TPSA) is 15.3 Å². The number of nitrogens with zero attached hydrogens (tertiary/aromatic N) is 1. The first-order chi connectivity index (χ1) is 12.9. The van der Waals surface area contributed by atoms with Gasteiger partial charge in [-0.25, -0.2) is 0 Å². The van der Waals surface area contributed by atoms with Crippen LogP contribution in [0.4, 0.5) is 0 Å². The highest BCUT2D eigenvalue weighted by molar-refractivity contribution is 6.23. The molecule has 0 spiro atoms. The molecule has 1 saturated heterocycles. The molecule has 2 fully saturated rings. The lowest BCUT2D eigenvalue weighted by Gasteiger charge is -2.36. The number of hydrogen-bond acceptors (Lipinski definition) is 2. The predicted molar refractivity (Wildman–Crippen MR) is 110 cm³/mol. The van der Waals surface area contributed by atoms with E-state index in [0.717, 1.165) is 19.0 Å². The molecule has 2 aliphatic rings. The minimum Gasteiger partial charge on any atom is -0.314 e. The summed E-state index contributed by atoms with van der Waals surface area (Å²) < 4.78 is 0. The third-order valence-electron chi connectivity index (χ3n) is 6.49. The van der Waals surface area contributed by atoms with Crippen molar-refractivity contribution >= 4 is 32.3 Å². The summed E-state index contributed by atoms with van der Waals surface area (Å²) in [5.41, 5.74) is 1.56. The van der Waals surface area contributed by atoms with Crippen molar-refractivity contribution < 1.29 is 0 Å². The average Bonchev–Trinajstić information content (AvgIpc) is 3.53. The third kappa shape index (κ3) is 2.19.